The number of benzene rings is 2. The van der Waals surface area contributed by atoms with Crippen molar-refractivity contribution >= 4 is 28.9 Å². The Labute approximate surface area is 138 Å². The molecule has 0 radical (unpaired) electrons. The van der Waals surface area contributed by atoms with Gasteiger partial charge in [0.25, 0.3) is 11.6 Å². The zero-order valence-electron chi connectivity index (χ0n) is 12.6. The molecule has 0 aliphatic carbocycles. The number of amides is 1. The molecule has 0 spiro atoms. The number of carbonyl (C=O) groups is 1. The topological polar surface area (TPSA) is 81.5 Å². The van der Waals surface area contributed by atoms with E-state index >= 15 is 0 Å². The van der Waals surface area contributed by atoms with Crippen molar-refractivity contribution in [3.8, 4) is 5.75 Å². The van der Waals surface area contributed by atoms with Crippen LogP contribution in [0.15, 0.2) is 36.4 Å². The summed E-state index contributed by atoms with van der Waals surface area (Å²) < 4.78 is 5.42. The van der Waals surface area contributed by atoms with Gasteiger partial charge in [-0.3, -0.25) is 14.9 Å². The Kier molecular flexibility index (Phi) is 5.18. The summed E-state index contributed by atoms with van der Waals surface area (Å²) in [5.41, 5.74) is 0.960. The van der Waals surface area contributed by atoms with Crippen molar-refractivity contribution in [1.29, 1.82) is 0 Å². The fourth-order valence-corrected chi connectivity index (χ4v) is 2.28. The number of rotatable bonds is 5. The Morgan fingerprint density at radius 1 is 1.35 bits per heavy atom. The van der Waals surface area contributed by atoms with Gasteiger partial charge >= 0.3 is 0 Å². The van der Waals surface area contributed by atoms with Crippen LogP contribution in [0.25, 0.3) is 0 Å². The predicted molar refractivity (Wildman–Crippen MR) is 88.4 cm³/mol. The molecule has 0 unspecified atom stereocenters. The Hall–Kier alpha value is -2.60. The number of hydrogen-bond donors (Lipinski definition) is 1. The third kappa shape index (κ3) is 3.78. The molecule has 0 aromatic heterocycles. The number of nitro groups is 1. The molecule has 0 saturated heterocycles. The molecular formula is C16H15ClN2O4. The lowest BCUT2D eigenvalue weighted by Crippen LogP contribution is -2.15. The standard InChI is InChI=1S/C16H15ClN2O4/c1-3-23-15-8-7-11(17)9-12(15)16(20)18-13-5-4-6-14(10(13)2)19(21)22/h4-9H,3H2,1-2H3,(H,18,20). The second-order valence-corrected chi connectivity index (χ2v) is 5.17. The molecule has 1 N–H and O–H groups in total. The van der Waals surface area contributed by atoms with Crippen LogP contribution in [0.2, 0.25) is 5.02 Å². The highest BCUT2D eigenvalue weighted by molar-refractivity contribution is 6.31. The molecule has 2 aromatic rings. The van der Waals surface area contributed by atoms with E-state index in [1.54, 1.807) is 32.0 Å². The number of nitro benzene ring substituents is 1. The molecule has 2 rings (SSSR count). The molecule has 23 heavy (non-hydrogen) atoms. The first-order valence-electron chi connectivity index (χ1n) is 6.91. The number of carbonyl (C=O) groups excluding carboxylic acids is 1. The van der Waals surface area contributed by atoms with Crippen molar-refractivity contribution in [1.82, 2.24) is 0 Å². The van der Waals surface area contributed by atoms with Crippen LogP contribution in [0.4, 0.5) is 11.4 Å². The Bertz CT molecular complexity index is 762. The van der Waals surface area contributed by atoms with Gasteiger partial charge in [0.1, 0.15) is 5.75 Å². The molecular weight excluding hydrogens is 320 g/mol. The molecule has 2 aromatic carbocycles. The predicted octanol–water partition coefficient (Wildman–Crippen LogP) is 4.21. The molecule has 0 aliphatic heterocycles. The van der Waals surface area contributed by atoms with Gasteiger partial charge in [-0.1, -0.05) is 17.7 Å². The fourth-order valence-electron chi connectivity index (χ4n) is 2.11. The van der Waals surface area contributed by atoms with Crippen LogP contribution < -0.4 is 10.1 Å². The molecule has 0 bridgehead atoms. The minimum absolute atomic E-state index is 0.0566. The van der Waals surface area contributed by atoms with Crippen LogP contribution in [-0.2, 0) is 0 Å². The second kappa shape index (κ2) is 7.11. The summed E-state index contributed by atoms with van der Waals surface area (Å²) in [6.45, 7) is 3.79. The molecule has 0 atom stereocenters. The highest BCUT2D eigenvalue weighted by Gasteiger charge is 2.18. The lowest BCUT2D eigenvalue weighted by molar-refractivity contribution is -0.385. The third-order valence-corrected chi connectivity index (χ3v) is 3.47. The first-order chi connectivity index (χ1) is 10.9. The largest absolute Gasteiger partial charge is 0.493 e. The van der Waals surface area contributed by atoms with E-state index in [-0.39, 0.29) is 11.3 Å². The average molecular weight is 335 g/mol. The Morgan fingerprint density at radius 2 is 2.09 bits per heavy atom. The van der Waals surface area contributed by atoms with E-state index in [1.807, 2.05) is 0 Å². The van der Waals surface area contributed by atoms with E-state index < -0.39 is 10.8 Å². The van der Waals surface area contributed by atoms with Gasteiger partial charge in [-0.05, 0) is 38.1 Å². The molecule has 6 nitrogen and oxygen atoms in total. The first kappa shape index (κ1) is 16.8. The molecule has 0 heterocycles. The van der Waals surface area contributed by atoms with Gasteiger partial charge < -0.3 is 10.1 Å². The maximum Gasteiger partial charge on any atom is 0.274 e. The van der Waals surface area contributed by atoms with Gasteiger partial charge in [-0.25, -0.2) is 0 Å². The quantitative estimate of drug-likeness (QED) is 0.656. The number of nitrogens with one attached hydrogen (secondary N) is 1. The zero-order valence-corrected chi connectivity index (χ0v) is 13.4. The Balaban J connectivity index is 2.35. The number of ether oxygens (including phenoxy) is 1. The zero-order chi connectivity index (χ0) is 17.0. The maximum atomic E-state index is 12.5. The number of hydrogen-bond acceptors (Lipinski definition) is 4. The van der Waals surface area contributed by atoms with E-state index in [4.69, 9.17) is 16.3 Å². The van der Waals surface area contributed by atoms with Crippen LogP contribution in [0.1, 0.15) is 22.8 Å². The monoisotopic (exact) mass is 334 g/mol. The van der Waals surface area contributed by atoms with Gasteiger partial charge in [0.2, 0.25) is 0 Å². The summed E-state index contributed by atoms with van der Waals surface area (Å²) in [6.07, 6.45) is 0. The third-order valence-electron chi connectivity index (χ3n) is 3.24. The first-order valence-corrected chi connectivity index (χ1v) is 7.29. The second-order valence-electron chi connectivity index (χ2n) is 4.73. The van der Waals surface area contributed by atoms with Gasteiger partial charge in [-0.2, -0.15) is 0 Å². The Morgan fingerprint density at radius 3 is 2.74 bits per heavy atom. The van der Waals surface area contributed by atoms with E-state index in [9.17, 15) is 14.9 Å². The minimum Gasteiger partial charge on any atom is -0.493 e. The van der Waals surface area contributed by atoms with Crippen LogP contribution in [0, 0.1) is 17.0 Å². The van der Waals surface area contributed by atoms with E-state index in [1.165, 1.54) is 18.2 Å². The number of halogens is 1. The van der Waals surface area contributed by atoms with Crippen LogP contribution in [0.5, 0.6) is 5.75 Å². The SMILES string of the molecule is CCOc1ccc(Cl)cc1C(=O)Nc1cccc([N+](=O)[O-])c1C. The normalized spacial score (nSPS) is 10.2. The minimum atomic E-state index is -0.490. The van der Waals surface area contributed by atoms with Crippen LogP contribution in [-0.4, -0.2) is 17.4 Å². The van der Waals surface area contributed by atoms with Crippen molar-refractivity contribution in [2.75, 3.05) is 11.9 Å². The van der Waals surface area contributed by atoms with Crippen molar-refractivity contribution in [2.24, 2.45) is 0 Å². The summed E-state index contributed by atoms with van der Waals surface area (Å²) >= 11 is 5.94. The molecule has 120 valence electrons. The smallest absolute Gasteiger partial charge is 0.274 e. The van der Waals surface area contributed by atoms with E-state index in [0.717, 1.165) is 0 Å². The highest BCUT2D eigenvalue weighted by Crippen LogP contribution is 2.28. The summed E-state index contributed by atoms with van der Waals surface area (Å²) in [5, 5.41) is 14.0. The van der Waals surface area contributed by atoms with Gasteiger partial charge in [0, 0.05) is 11.1 Å². The maximum absolute atomic E-state index is 12.5. The van der Waals surface area contributed by atoms with Gasteiger partial charge in [0.05, 0.1) is 28.3 Å². The average Bonchev–Trinajstić information content (AvgIpc) is 2.51. The van der Waals surface area contributed by atoms with E-state index in [2.05, 4.69) is 5.32 Å². The summed E-state index contributed by atoms with van der Waals surface area (Å²) in [4.78, 5) is 23.0. The van der Waals surface area contributed by atoms with Gasteiger partial charge in [0.15, 0.2) is 0 Å². The fraction of sp³-hybridized carbons (Fsp3) is 0.188. The van der Waals surface area contributed by atoms with Crippen LogP contribution in [0.3, 0.4) is 0 Å². The van der Waals surface area contributed by atoms with Gasteiger partial charge in [-0.15, -0.1) is 0 Å². The highest BCUT2D eigenvalue weighted by atomic mass is 35.5. The summed E-state index contributed by atoms with van der Waals surface area (Å²) in [5.74, 6) is -0.0444. The summed E-state index contributed by atoms with van der Waals surface area (Å²) in [6, 6.07) is 9.24. The van der Waals surface area contributed by atoms with Crippen molar-refractivity contribution in [3.63, 3.8) is 0 Å². The summed E-state index contributed by atoms with van der Waals surface area (Å²) in [7, 11) is 0. The lowest BCUT2D eigenvalue weighted by Gasteiger charge is -2.12. The van der Waals surface area contributed by atoms with Crippen molar-refractivity contribution in [2.45, 2.75) is 13.8 Å². The van der Waals surface area contributed by atoms with Crippen molar-refractivity contribution < 1.29 is 14.5 Å². The van der Waals surface area contributed by atoms with Crippen molar-refractivity contribution in [3.05, 3.63) is 62.7 Å². The lowest BCUT2D eigenvalue weighted by atomic mass is 10.1. The molecule has 1 amide bonds. The number of nitrogens with zero attached hydrogens (tertiary/aromatic N) is 1. The van der Waals surface area contributed by atoms with Crippen LogP contribution >= 0.6 is 11.6 Å². The molecule has 0 saturated carbocycles. The molecule has 0 fully saturated rings. The van der Waals surface area contributed by atoms with E-state index in [0.29, 0.717) is 28.6 Å². The molecule has 7 heteroatoms. The molecule has 0 aliphatic rings. The number of anilines is 1.